The molecule has 5 heteroatoms. The number of nitrogens with zero attached hydrogens (tertiary/aromatic N) is 1. The fourth-order valence-electron chi connectivity index (χ4n) is 1.44. The maximum Gasteiger partial charge on any atom is 0.354 e. The minimum Gasteiger partial charge on any atom is -0.478 e. The molecule has 5 nitrogen and oxygen atoms in total. The second-order valence-corrected chi connectivity index (χ2v) is 3.18. The fraction of sp³-hybridized carbons (Fsp3) is 0. The number of carboxylic acids is 2. The van der Waals surface area contributed by atoms with Gasteiger partial charge < -0.3 is 10.2 Å². The highest BCUT2D eigenvalue weighted by Crippen LogP contribution is 2.17. The molecular weight excluding hydrogens is 210 g/mol. The van der Waals surface area contributed by atoms with Crippen LogP contribution in [-0.2, 0) is 0 Å². The van der Waals surface area contributed by atoms with Crippen molar-refractivity contribution in [2.75, 3.05) is 0 Å². The van der Waals surface area contributed by atoms with E-state index in [1.165, 1.54) is 18.2 Å². The molecule has 0 aliphatic carbocycles. The summed E-state index contributed by atoms with van der Waals surface area (Å²) >= 11 is 0. The van der Waals surface area contributed by atoms with Crippen molar-refractivity contribution in [2.45, 2.75) is 0 Å². The number of hydrogen-bond donors (Lipinski definition) is 2. The van der Waals surface area contributed by atoms with Crippen LogP contribution in [0.3, 0.4) is 0 Å². The SMILES string of the molecule is O=C(O)c1ccc2cccc(C(=O)O)c2n1. The molecule has 80 valence electrons. The molecule has 1 aromatic heterocycles. The third kappa shape index (κ3) is 1.58. The van der Waals surface area contributed by atoms with Crippen molar-refractivity contribution in [3.05, 3.63) is 41.6 Å². The maximum absolute atomic E-state index is 10.9. The average Bonchev–Trinajstić information content (AvgIpc) is 2.27. The highest BCUT2D eigenvalue weighted by molar-refractivity contribution is 6.02. The molecule has 0 spiro atoms. The molecule has 0 saturated heterocycles. The van der Waals surface area contributed by atoms with Crippen LogP contribution in [0.2, 0.25) is 0 Å². The van der Waals surface area contributed by atoms with Crippen LogP contribution in [0.4, 0.5) is 0 Å². The van der Waals surface area contributed by atoms with E-state index in [0.29, 0.717) is 5.39 Å². The molecule has 16 heavy (non-hydrogen) atoms. The summed E-state index contributed by atoms with van der Waals surface area (Å²) in [6.07, 6.45) is 0. The highest BCUT2D eigenvalue weighted by atomic mass is 16.4. The number of rotatable bonds is 2. The number of benzene rings is 1. The smallest absolute Gasteiger partial charge is 0.354 e. The molecule has 0 fully saturated rings. The van der Waals surface area contributed by atoms with E-state index >= 15 is 0 Å². The second-order valence-electron chi connectivity index (χ2n) is 3.18. The topological polar surface area (TPSA) is 87.5 Å². The van der Waals surface area contributed by atoms with Gasteiger partial charge in [0.25, 0.3) is 0 Å². The van der Waals surface area contributed by atoms with Crippen molar-refractivity contribution >= 4 is 22.8 Å². The van der Waals surface area contributed by atoms with Crippen LogP contribution in [0, 0.1) is 0 Å². The first kappa shape index (κ1) is 10.1. The minimum absolute atomic E-state index is 0.000556. The number of aromatic nitrogens is 1. The predicted octanol–water partition coefficient (Wildman–Crippen LogP) is 1.63. The van der Waals surface area contributed by atoms with E-state index in [0.717, 1.165) is 0 Å². The van der Waals surface area contributed by atoms with Crippen LogP contribution in [0.15, 0.2) is 30.3 Å². The van der Waals surface area contributed by atoms with E-state index < -0.39 is 11.9 Å². The van der Waals surface area contributed by atoms with E-state index in [-0.39, 0.29) is 16.8 Å². The number of carboxylic acid groups (broad SMARTS) is 2. The van der Waals surface area contributed by atoms with E-state index in [9.17, 15) is 9.59 Å². The molecule has 0 bridgehead atoms. The zero-order valence-electron chi connectivity index (χ0n) is 8.04. The Balaban J connectivity index is 2.78. The van der Waals surface area contributed by atoms with Gasteiger partial charge in [0.05, 0.1) is 11.1 Å². The first-order valence-electron chi connectivity index (χ1n) is 4.46. The summed E-state index contributed by atoms with van der Waals surface area (Å²) in [5.41, 5.74) is 0.0247. The van der Waals surface area contributed by atoms with E-state index in [1.807, 2.05) is 0 Å². The number of hydrogen-bond acceptors (Lipinski definition) is 3. The van der Waals surface area contributed by atoms with Crippen LogP contribution in [0.1, 0.15) is 20.8 Å². The van der Waals surface area contributed by atoms with E-state index in [4.69, 9.17) is 10.2 Å². The van der Waals surface area contributed by atoms with Crippen LogP contribution < -0.4 is 0 Å². The Bertz CT molecular complexity index is 592. The summed E-state index contributed by atoms with van der Waals surface area (Å²) in [5.74, 6) is -2.30. The maximum atomic E-state index is 10.9. The summed E-state index contributed by atoms with van der Waals surface area (Å²) < 4.78 is 0. The molecule has 2 rings (SSSR count). The molecule has 2 N–H and O–H groups in total. The molecule has 0 atom stereocenters. The minimum atomic E-state index is -1.18. The third-order valence-electron chi connectivity index (χ3n) is 2.17. The molecule has 1 heterocycles. The van der Waals surface area contributed by atoms with Crippen molar-refractivity contribution in [1.29, 1.82) is 0 Å². The van der Waals surface area contributed by atoms with Gasteiger partial charge in [0.1, 0.15) is 5.69 Å². The van der Waals surface area contributed by atoms with E-state index in [2.05, 4.69) is 4.98 Å². The number of para-hydroxylation sites is 1. The Morgan fingerprint density at radius 1 is 1.00 bits per heavy atom. The van der Waals surface area contributed by atoms with Crippen molar-refractivity contribution in [1.82, 2.24) is 4.98 Å². The van der Waals surface area contributed by atoms with Crippen molar-refractivity contribution in [3.63, 3.8) is 0 Å². The highest BCUT2D eigenvalue weighted by Gasteiger charge is 2.12. The van der Waals surface area contributed by atoms with Crippen molar-refractivity contribution in [3.8, 4) is 0 Å². The normalized spacial score (nSPS) is 10.2. The monoisotopic (exact) mass is 217 g/mol. The lowest BCUT2D eigenvalue weighted by Crippen LogP contribution is -2.03. The second kappa shape index (κ2) is 3.62. The molecule has 1 aromatic carbocycles. The standard InChI is InChI=1S/C11H7NO4/c13-10(14)7-3-1-2-6-4-5-8(11(15)16)12-9(6)7/h1-5H,(H,13,14)(H,15,16). The fourth-order valence-corrected chi connectivity index (χ4v) is 1.44. The van der Waals surface area contributed by atoms with Crippen LogP contribution in [-0.4, -0.2) is 27.1 Å². The molecule has 0 aliphatic rings. The van der Waals surface area contributed by atoms with Gasteiger partial charge in [-0.15, -0.1) is 0 Å². The predicted molar refractivity (Wildman–Crippen MR) is 55.7 cm³/mol. The lowest BCUT2D eigenvalue weighted by Gasteiger charge is -2.02. The summed E-state index contributed by atoms with van der Waals surface area (Å²) in [4.78, 5) is 25.4. The Hall–Kier alpha value is -2.43. The molecule has 0 aliphatic heterocycles. The van der Waals surface area contributed by atoms with Gasteiger partial charge in [-0.3, -0.25) is 0 Å². The Morgan fingerprint density at radius 3 is 2.38 bits per heavy atom. The van der Waals surface area contributed by atoms with Gasteiger partial charge in [-0.2, -0.15) is 0 Å². The number of fused-ring (bicyclic) bond motifs is 1. The number of pyridine rings is 1. The lowest BCUT2D eigenvalue weighted by molar-refractivity contribution is 0.0680. The van der Waals surface area contributed by atoms with Gasteiger partial charge in [-0.25, -0.2) is 14.6 Å². The van der Waals surface area contributed by atoms with Gasteiger partial charge in [0, 0.05) is 5.39 Å². The zero-order chi connectivity index (χ0) is 11.7. The first-order chi connectivity index (χ1) is 7.59. The Kier molecular flexibility index (Phi) is 2.28. The van der Waals surface area contributed by atoms with E-state index in [1.54, 1.807) is 12.1 Å². The van der Waals surface area contributed by atoms with Gasteiger partial charge in [0.15, 0.2) is 0 Å². The van der Waals surface area contributed by atoms with Gasteiger partial charge in [-0.05, 0) is 12.1 Å². The molecule has 0 unspecified atom stereocenters. The molecule has 2 aromatic rings. The van der Waals surface area contributed by atoms with Crippen molar-refractivity contribution in [2.24, 2.45) is 0 Å². The molecular formula is C11H7NO4. The largest absolute Gasteiger partial charge is 0.478 e. The Labute approximate surface area is 90.0 Å². The van der Waals surface area contributed by atoms with Gasteiger partial charge >= 0.3 is 11.9 Å². The lowest BCUT2D eigenvalue weighted by atomic mass is 10.1. The summed E-state index contributed by atoms with van der Waals surface area (Å²) in [7, 11) is 0. The van der Waals surface area contributed by atoms with Crippen LogP contribution in [0.5, 0.6) is 0 Å². The van der Waals surface area contributed by atoms with Crippen LogP contribution in [0.25, 0.3) is 10.9 Å². The summed E-state index contributed by atoms with van der Waals surface area (Å²) in [5, 5.41) is 18.3. The quantitative estimate of drug-likeness (QED) is 0.798. The van der Waals surface area contributed by atoms with Gasteiger partial charge in [0.2, 0.25) is 0 Å². The summed E-state index contributed by atoms with van der Waals surface area (Å²) in [6.45, 7) is 0. The zero-order valence-corrected chi connectivity index (χ0v) is 8.04. The number of aromatic carboxylic acids is 2. The average molecular weight is 217 g/mol. The third-order valence-corrected chi connectivity index (χ3v) is 2.17. The molecule has 0 radical (unpaired) electrons. The van der Waals surface area contributed by atoms with Gasteiger partial charge in [-0.1, -0.05) is 18.2 Å². The van der Waals surface area contributed by atoms with Crippen molar-refractivity contribution < 1.29 is 19.8 Å². The number of carbonyl (C=O) groups is 2. The van der Waals surface area contributed by atoms with Crippen LogP contribution >= 0.6 is 0 Å². The summed E-state index contributed by atoms with van der Waals surface area (Å²) in [6, 6.07) is 7.55. The molecule has 0 saturated carbocycles. The molecule has 0 amide bonds. The Morgan fingerprint density at radius 2 is 1.75 bits per heavy atom. The first-order valence-corrected chi connectivity index (χ1v) is 4.46.